The first-order valence-corrected chi connectivity index (χ1v) is 11.7. The molecule has 1 aliphatic rings. The van der Waals surface area contributed by atoms with E-state index in [1.54, 1.807) is 11.7 Å². The van der Waals surface area contributed by atoms with Crippen molar-refractivity contribution in [1.29, 1.82) is 0 Å². The van der Waals surface area contributed by atoms with Crippen molar-refractivity contribution in [1.82, 2.24) is 25.0 Å². The molecule has 1 aliphatic heterocycles. The summed E-state index contributed by atoms with van der Waals surface area (Å²) in [7, 11) is 1.79. The molecular weight excluding hydrogens is 432 g/mol. The van der Waals surface area contributed by atoms with E-state index >= 15 is 0 Å². The van der Waals surface area contributed by atoms with Crippen molar-refractivity contribution in [2.24, 2.45) is 7.05 Å². The fraction of sp³-hybridized carbons (Fsp3) is 0.440. The number of hydrogen-bond acceptors (Lipinski definition) is 5. The number of anilines is 1. The van der Waals surface area contributed by atoms with Crippen LogP contribution < -0.4 is 15.8 Å². The van der Waals surface area contributed by atoms with E-state index in [0.717, 1.165) is 29.7 Å². The van der Waals surface area contributed by atoms with Crippen LogP contribution in [0.25, 0.3) is 11.0 Å². The van der Waals surface area contributed by atoms with E-state index in [-0.39, 0.29) is 30.2 Å². The van der Waals surface area contributed by atoms with Crippen molar-refractivity contribution in [2.45, 2.75) is 33.1 Å². The van der Waals surface area contributed by atoms with E-state index in [1.165, 1.54) is 5.69 Å². The van der Waals surface area contributed by atoms with Crippen molar-refractivity contribution in [3.63, 3.8) is 0 Å². The number of benzene rings is 1. The highest BCUT2D eigenvalue weighted by Crippen LogP contribution is 2.21. The Kier molecular flexibility index (Phi) is 7.00. The molecule has 4 rings (SSSR count). The van der Waals surface area contributed by atoms with Crippen molar-refractivity contribution in [3.8, 4) is 0 Å². The van der Waals surface area contributed by atoms with Crippen LogP contribution in [0.5, 0.6) is 0 Å². The van der Waals surface area contributed by atoms with Gasteiger partial charge in [0.05, 0.1) is 5.69 Å². The summed E-state index contributed by atoms with van der Waals surface area (Å²) in [6.45, 7) is 7.07. The number of H-pyrrole nitrogens is 1. The zero-order valence-electron chi connectivity index (χ0n) is 20.1. The van der Waals surface area contributed by atoms with Crippen LogP contribution in [0.3, 0.4) is 0 Å². The van der Waals surface area contributed by atoms with Gasteiger partial charge in [-0.3, -0.25) is 19.1 Å². The Morgan fingerprint density at radius 2 is 1.76 bits per heavy atom. The molecule has 1 saturated heterocycles. The quantitative estimate of drug-likeness (QED) is 0.554. The predicted molar refractivity (Wildman–Crippen MR) is 132 cm³/mol. The lowest BCUT2D eigenvalue weighted by molar-refractivity contribution is -0.131. The van der Waals surface area contributed by atoms with Crippen LogP contribution in [-0.2, 0) is 23.1 Å². The van der Waals surface area contributed by atoms with Crippen molar-refractivity contribution in [2.75, 3.05) is 37.6 Å². The maximum atomic E-state index is 12.6. The minimum absolute atomic E-state index is 0.0535. The number of aryl methyl sites for hydroxylation is 3. The summed E-state index contributed by atoms with van der Waals surface area (Å²) in [4.78, 5) is 44.5. The first-order valence-electron chi connectivity index (χ1n) is 11.7. The summed E-state index contributed by atoms with van der Waals surface area (Å²) in [6, 6.07) is 10.2. The van der Waals surface area contributed by atoms with Crippen LogP contribution in [0.15, 0.2) is 35.1 Å². The Morgan fingerprint density at radius 3 is 2.47 bits per heavy atom. The van der Waals surface area contributed by atoms with Crippen LogP contribution in [0.4, 0.5) is 5.69 Å². The number of carbonyl (C=O) groups excluding carboxylic acids is 2. The lowest BCUT2D eigenvalue weighted by Crippen LogP contribution is -2.49. The largest absolute Gasteiger partial charge is 0.368 e. The maximum absolute atomic E-state index is 12.6. The number of hydrogen-bond donors (Lipinski definition) is 2. The Labute approximate surface area is 198 Å². The Hall–Kier alpha value is -3.62. The van der Waals surface area contributed by atoms with Gasteiger partial charge in [0.1, 0.15) is 5.65 Å². The molecule has 1 fully saturated rings. The predicted octanol–water partition coefficient (Wildman–Crippen LogP) is 1.67. The molecule has 9 heteroatoms. The van der Waals surface area contributed by atoms with E-state index in [9.17, 15) is 14.4 Å². The smallest absolute Gasteiger partial charge is 0.253 e. The van der Waals surface area contributed by atoms with E-state index in [1.807, 2.05) is 36.9 Å². The van der Waals surface area contributed by atoms with Gasteiger partial charge in [0.25, 0.3) is 5.56 Å². The highest BCUT2D eigenvalue weighted by molar-refractivity contribution is 5.83. The summed E-state index contributed by atoms with van der Waals surface area (Å²) in [5, 5.41) is 8.12. The SMILES string of the molecule is Cc1nn(C)c2[nH]c(=O)c(CCC(=O)NCCC(=O)N3CCN(c4ccccc4)CC3)c(C)c12. The average Bonchev–Trinajstić information content (AvgIpc) is 3.12. The molecule has 1 aromatic carbocycles. The minimum Gasteiger partial charge on any atom is -0.368 e. The highest BCUT2D eigenvalue weighted by Gasteiger charge is 2.21. The molecule has 0 atom stereocenters. The molecule has 2 aromatic heterocycles. The minimum atomic E-state index is -0.189. The fourth-order valence-electron chi connectivity index (χ4n) is 4.70. The van der Waals surface area contributed by atoms with Gasteiger partial charge in [0.2, 0.25) is 11.8 Å². The van der Waals surface area contributed by atoms with E-state index in [4.69, 9.17) is 0 Å². The number of nitrogens with zero attached hydrogens (tertiary/aromatic N) is 4. The average molecular weight is 465 g/mol. The lowest BCUT2D eigenvalue weighted by atomic mass is 10.0. The lowest BCUT2D eigenvalue weighted by Gasteiger charge is -2.36. The molecule has 0 radical (unpaired) electrons. The first kappa shape index (κ1) is 23.5. The number of piperazine rings is 1. The summed E-state index contributed by atoms with van der Waals surface area (Å²) < 4.78 is 1.66. The number of fused-ring (bicyclic) bond motifs is 1. The number of aromatic nitrogens is 3. The molecular formula is C25H32N6O3. The molecule has 180 valence electrons. The Bertz CT molecular complexity index is 1240. The zero-order valence-corrected chi connectivity index (χ0v) is 20.1. The molecule has 0 unspecified atom stereocenters. The van der Waals surface area contributed by atoms with Crippen LogP contribution in [-0.4, -0.2) is 64.2 Å². The molecule has 2 amide bonds. The summed E-state index contributed by atoms with van der Waals surface area (Å²) >= 11 is 0. The van der Waals surface area contributed by atoms with Crippen LogP contribution >= 0.6 is 0 Å². The number of pyridine rings is 1. The number of para-hydroxylation sites is 1. The van der Waals surface area contributed by atoms with E-state index < -0.39 is 0 Å². The Balaban J connectivity index is 1.23. The van der Waals surface area contributed by atoms with Crippen molar-refractivity contribution < 1.29 is 9.59 Å². The summed E-state index contributed by atoms with van der Waals surface area (Å²) in [6.07, 6.45) is 0.808. The van der Waals surface area contributed by atoms with Gasteiger partial charge in [-0.15, -0.1) is 0 Å². The number of amides is 2. The molecule has 3 heterocycles. The third-order valence-corrected chi connectivity index (χ3v) is 6.57. The Morgan fingerprint density at radius 1 is 1.06 bits per heavy atom. The van der Waals surface area contributed by atoms with Gasteiger partial charge in [0.15, 0.2) is 0 Å². The summed E-state index contributed by atoms with van der Waals surface area (Å²) in [5.41, 5.74) is 3.99. The van der Waals surface area contributed by atoms with E-state index in [2.05, 4.69) is 32.4 Å². The topological polar surface area (TPSA) is 103 Å². The molecule has 0 bridgehead atoms. The second kappa shape index (κ2) is 10.1. The molecule has 34 heavy (non-hydrogen) atoms. The highest BCUT2D eigenvalue weighted by atomic mass is 16.2. The van der Waals surface area contributed by atoms with Gasteiger partial charge < -0.3 is 20.1 Å². The third-order valence-electron chi connectivity index (χ3n) is 6.57. The normalized spacial score (nSPS) is 14.0. The number of carbonyl (C=O) groups is 2. The second-order valence-electron chi connectivity index (χ2n) is 8.79. The maximum Gasteiger partial charge on any atom is 0.253 e. The van der Waals surface area contributed by atoms with Crippen LogP contribution in [0.2, 0.25) is 0 Å². The standard InChI is InChI=1S/C25H32N6O3/c1-17-20(25(34)27-24-23(17)18(2)28-29(24)3)9-10-21(32)26-12-11-22(33)31-15-13-30(14-16-31)19-7-5-4-6-8-19/h4-8H,9-16H2,1-3H3,(H,26,32)(H,27,34). The van der Waals surface area contributed by atoms with Gasteiger partial charge in [0, 0.05) is 69.3 Å². The number of nitrogens with one attached hydrogen (secondary N) is 2. The van der Waals surface area contributed by atoms with Crippen LogP contribution in [0, 0.1) is 13.8 Å². The fourth-order valence-corrected chi connectivity index (χ4v) is 4.70. The third kappa shape index (κ3) is 4.98. The van der Waals surface area contributed by atoms with Gasteiger partial charge in [-0.2, -0.15) is 5.10 Å². The molecule has 2 N–H and O–H groups in total. The van der Waals surface area contributed by atoms with Gasteiger partial charge in [-0.05, 0) is 38.0 Å². The molecule has 0 spiro atoms. The van der Waals surface area contributed by atoms with Gasteiger partial charge in [-0.25, -0.2) is 0 Å². The zero-order chi connectivity index (χ0) is 24.2. The first-order chi connectivity index (χ1) is 16.3. The molecule has 9 nitrogen and oxygen atoms in total. The van der Waals surface area contributed by atoms with E-state index in [0.29, 0.717) is 37.3 Å². The number of aromatic amines is 1. The van der Waals surface area contributed by atoms with Crippen molar-refractivity contribution >= 4 is 28.5 Å². The van der Waals surface area contributed by atoms with Gasteiger partial charge in [-0.1, -0.05) is 18.2 Å². The monoisotopic (exact) mass is 464 g/mol. The summed E-state index contributed by atoms with van der Waals surface area (Å²) in [5.74, 6) is -0.110. The van der Waals surface area contributed by atoms with Crippen LogP contribution in [0.1, 0.15) is 29.7 Å². The van der Waals surface area contributed by atoms with Crippen molar-refractivity contribution in [3.05, 3.63) is 57.5 Å². The molecule has 0 saturated carbocycles. The number of rotatable bonds is 7. The molecule has 3 aromatic rings. The van der Waals surface area contributed by atoms with Gasteiger partial charge >= 0.3 is 0 Å². The molecule has 0 aliphatic carbocycles. The second-order valence-corrected chi connectivity index (χ2v) is 8.79.